The first-order chi connectivity index (χ1) is 7.08. The molecule has 0 radical (unpaired) electrons. The number of anilines is 1. The molecule has 1 aliphatic rings. The van der Waals surface area contributed by atoms with Crippen LogP contribution in [-0.2, 0) is 11.2 Å². The molecule has 0 saturated carbocycles. The van der Waals surface area contributed by atoms with Crippen LogP contribution < -0.4 is 5.32 Å². The van der Waals surface area contributed by atoms with Crippen LogP contribution >= 0.6 is 15.9 Å². The van der Waals surface area contributed by atoms with E-state index in [1.165, 1.54) is 5.56 Å². The fourth-order valence-corrected chi connectivity index (χ4v) is 1.98. The minimum atomic E-state index is 0.0816. The molecule has 2 rings (SSSR count). The number of rotatable bonds is 2. The minimum absolute atomic E-state index is 0.0816. The van der Waals surface area contributed by atoms with Crippen molar-refractivity contribution in [1.82, 2.24) is 4.90 Å². The first kappa shape index (κ1) is 10.6. The molecule has 1 amide bonds. The summed E-state index contributed by atoms with van der Waals surface area (Å²) in [5.41, 5.74) is 3.21. The van der Waals surface area contributed by atoms with Gasteiger partial charge in [-0.3, -0.25) is 9.69 Å². The molecule has 0 spiro atoms. The number of hydrogen-bond donors (Lipinski definition) is 1. The van der Waals surface area contributed by atoms with Crippen molar-refractivity contribution in [2.75, 3.05) is 19.4 Å². The fraction of sp³-hybridized carbons (Fsp3) is 0.364. The number of benzene rings is 1. The van der Waals surface area contributed by atoms with E-state index in [-0.39, 0.29) is 10.9 Å². The highest BCUT2D eigenvalue weighted by Gasteiger charge is 2.19. The second-order valence-corrected chi connectivity index (χ2v) is 4.81. The lowest BCUT2D eigenvalue weighted by Gasteiger charge is -2.18. The quantitative estimate of drug-likeness (QED) is 0.659. The van der Waals surface area contributed by atoms with E-state index in [9.17, 15) is 4.79 Å². The van der Waals surface area contributed by atoms with E-state index in [0.717, 1.165) is 11.3 Å². The van der Waals surface area contributed by atoms with Gasteiger partial charge in [0, 0.05) is 5.69 Å². The molecular formula is C11H13BrN2O. The third-order valence-corrected chi connectivity index (χ3v) is 3.83. The molecule has 0 aliphatic carbocycles. The highest BCUT2D eigenvalue weighted by molar-refractivity contribution is 9.09. The van der Waals surface area contributed by atoms with Crippen LogP contribution in [0.4, 0.5) is 5.69 Å². The normalized spacial score (nSPS) is 16.4. The number of amides is 1. The molecule has 0 saturated heterocycles. The van der Waals surface area contributed by atoms with Crippen LogP contribution in [0.25, 0.3) is 0 Å². The Morgan fingerprint density at radius 2 is 2.20 bits per heavy atom. The van der Waals surface area contributed by atoms with Gasteiger partial charge in [0.15, 0.2) is 0 Å². The second-order valence-electron chi connectivity index (χ2n) is 3.94. The van der Waals surface area contributed by atoms with Crippen molar-refractivity contribution in [3.8, 4) is 0 Å². The van der Waals surface area contributed by atoms with E-state index in [4.69, 9.17) is 0 Å². The van der Waals surface area contributed by atoms with Gasteiger partial charge in [-0.1, -0.05) is 28.1 Å². The Morgan fingerprint density at radius 3 is 2.87 bits per heavy atom. The standard InChI is InChI=1S/C11H13BrN2O/c1-14(2)11(12)7-3-4-9-8(5-7)6-10(15)13-9/h3-5,11H,6H2,1-2H3,(H,13,15). The Labute approximate surface area is 97.6 Å². The summed E-state index contributed by atoms with van der Waals surface area (Å²) in [5.74, 6) is 0.0816. The van der Waals surface area contributed by atoms with Gasteiger partial charge < -0.3 is 5.32 Å². The maximum Gasteiger partial charge on any atom is 0.228 e. The highest BCUT2D eigenvalue weighted by Crippen LogP contribution is 2.30. The van der Waals surface area contributed by atoms with E-state index in [0.29, 0.717) is 6.42 Å². The predicted octanol–water partition coefficient (Wildman–Crippen LogP) is 2.14. The first-order valence-electron chi connectivity index (χ1n) is 4.81. The van der Waals surface area contributed by atoms with Crippen LogP contribution in [0.15, 0.2) is 18.2 Å². The second kappa shape index (κ2) is 3.94. The third-order valence-electron chi connectivity index (χ3n) is 2.48. The van der Waals surface area contributed by atoms with Gasteiger partial charge in [0.1, 0.15) is 0 Å². The average molecular weight is 269 g/mol. The molecule has 3 nitrogen and oxygen atoms in total. The van der Waals surface area contributed by atoms with E-state index in [2.05, 4.69) is 32.2 Å². The molecule has 1 aromatic carbocycles. The summed E-state index contributed by atoms with van der Waals surface area (Å²) in [6.07, 6.45) is 0.496. The van der Waals surface area contributed by atoms with Crippen molar-refractivity contribution in [1.29, 1.82) is 0 Å². The summed E-state index contributed by atoms with van der Waals surface area (Å²) in [6.45, 7) is 0. The van der Waals surface area contributed by atoms with Gasteiger partial charge in [0.2, 0.25) is 5.91 Å². The van der Waals surface area contributed by atoms with Crippen molar-refractivity contribution in [3.63, 3.8) is 0 Å². The van der Waals surface area contributed by atoms with Crippen LogP contribution in [0, 0.1) is 0 Å². The van der Waals surface area contributed by atoms with Gasteiger partial charge in [-0.15, -0.1) is 0 Å². The zero-order chi connectivity index (χ0) is 11.0. The van der Waals surface area contributed by atoms with Gasteiger partial charge in [0.05, 0.1) is 11.4 Å². The molecule has 1 heterocycles. The number of carbonyl (C=O) groups is 1. The molecule has 4 heteroatoms. The van der Waals surface area contributed by atoms with Crippen molar-refractivity contribution < 1.29 is 4.79 Å². The van der Waals surface area contributed by atoms with Gasteiger partial charge >= 0.3 is 0 Å². The monoisotopic (exact) mass is 268 g/mol. The Kier molecular flexibility index (Phi) is 2.80. The summed E-state index contributed by atoms with van der Waals surface area (Å²) < 4.78 is 0. The number of nitrogens with zero attached hydrogens (tertiary/aromatic N) is 1. The highest BCUT2D eigenvalue weighted by atomic mass is 79.9. The molecule has 15 heavy (non-hydrogen) atoms. The van der Waals surface area contributed by atoms with Gasteiger partial charge in [-0.25, -0.2) is 0 Å². The number of fused-ring (bicyclic) bond motifs is 1. The number of nitrogens with one attached hydrogen (secondary N) is 1. The van der Waals surface area contributed by atoms with E-state index in [1.807, 2.05) is 26.2 Å². The fourth-order valence-electron chi connectivity index (χ4n) is 1.70. The van der Waals surface area contributed by atoms with Crippen LogP contribution in [0.2, 0.25) is 0 Å². The van der Waals surface area contributed by atoms with Crippen molar-refractivity contribution >= 4 is 27.5 Å². The topological polar surface area (TPSA) is 32.3 Å². The zero-order valence-corrected chi connectivity index (χ0v) is 10.3. The minimum Gasteiger partial charge on any atom is -0.326 e. The van der Waals surface area contributed by atoms with Crippen LogP contribution in [0.3, 0.4) is 0 Å². The van der Waals surface area contributed by atoms with Crippen molar-refractivity contribution in [3.05, 3.63) is 29.3 Å². The number of carbonyl (C=O) groups excluding carboxylic acids is 1. The van der Waals surface area contributed by atoms with Crippen LogP contribution in [-0.4, -0.2) is 24.9 Å². The maximum absolute atomic E-state index is 11.2. The smallest absolute Gasteiger partial charge is 0.228 e. The van der Waals surface area contributed by atoms with E-state index < -0.39 is 0 Å². The molecule has 1 atom stereocenters. The molecule has 80 valence electrons. The summed E-state index contributed by atoms with van der Waals surface area (Å²) in [4.78, 5) is 13.5. The Bertz CT molecular complexity index is 404. The summed E-state index contributed by atoms with van der Waals surface area (Å²) in [6, 6.07) is 6.07. The van der Waals surface area contributed by atoms with E-state index in [1.54, 1.807) is 0 Å². The lowest BCUT2D eigenvalue weighted by atomic mass is 10.1. The molecule has 1 N–H and O–H groups in total. The predicted molar refractivity (Wildman–Crippen MR) is 64.1 cm³/mol. The SMILES string of the molecule is CN(C)C(Br)c1ccc2c(c1)CC(=O)N2. The lowest BCUT2D eigenvalue weighted by Crippen LogP contribution is -2.14. The largest absolute Gasteiger partial charge is 0.326 e. The summed E-state index contributed by atoms with van der Waals surface area (Å²) in [7, 11) is 4.02. The van der Waals surface area contributed by atoms with Gasteiger partial charge in [-0.05, 0) is 31.3 Å². The molecule has 0 aromatic heterocycles. The average Bonchev–Trinajstić information content (AvgIpc) is 2.55. The Balaban J connectivity index is 2.31. The third kappa shape index (κ3) is 2.06. The maximum atomic E-state index is 11.2. The zero-order valence-electron chi connectivity index (χ0n) is 8.75. The van der Waals surface area contributed by atoms with Crippen LogP contribution in [0.1, 0.15) is 16.1 Å². The molecular weight excluding hydrogens is 256 g/mol. The molecule has 1 aliphatic heterocycles. The lowest BCUT2D eigenvalue weighted by molar-refractivity contribution is -0.115. The first-order valence-corrected chi connectivity index (χ1v) is 5.72. The molecule has 1 aromatic rings. The van der Waals surface area contributed by atoms with Crippen LogP contribution in [0.5, 0.6) is 0 Å². The van der Waals surface area contributed by atoms with Gasteiger partial charge in [-0.2, -0.15) is 0 Å². The number of hydrogen-bond acceptors (Lipinski definition) is 2. The van der Waals surface area contributed by atoms with Gasteiger partial charge in [0.25, 0.3) is 0 Å². The molecule has 0 bridgehead atoms. The van der Waals surface area contributed by atoms with Crippen molar-refractivity contribution in [2.24, 2.45) is 0 Å². The number of halogens is 1. The summed E-state index contributed by atoms with van der Waals surface area (Å²) in [5, 5.41) is 2.82. The summed E-state index contributed by atoms with van der Waals surface area (Å²) >= 11 is 3.59. The van der Waals surface area contributed by atoms with E-state index >= 15 is 0 Å². The molecule has 1 unspecified atom stereocenters. The Hall–Kier alpha value is -0.870. The molecule has 0 fully saturated rings. The Morgan fingerprint density at radius 1 is 1.47 bits per heavy atom. The van der Waals surface area contributed by atoms with Crippen molar-refractivity contribution in [2.45, 2.75) is 11.4 Å². The number of alkyl halides is 1.